The predicted octanol–water partition coefficient (Wildman–Crippen LogP) is 3.55. The summed E-state index contributed by atoms with van der Waals surface area (Å²) in [4.78, 5) is 25.5. The van der Waals surface area contributed by atoms with Crippen molar-refractivity contribution in [2.24, 2.45) is 0 Å². The number of rotatable bonds is 1. The van der Waals surface area contributed by atoms with E-state index in [-0.39, 0.29) is 11.7 Å². The average Bonchev–Trinajstić information content (AvgIpc) is 2.69. The fraction of sp³-hybridized carbons (Fsp3) is 0.529. The first-order chi connectivity index (χ1) is 9.96. The van der Waals surface area contributed by atoms with Gasteiger partial charge in [-0.1, -0.05) is 41.3 Å². The number of hydrogen-bond donors (Lipinski definition) is 1. The largest absolute Gasteiger partial charge is 0.343 e. The maximum absolute atomic E-state index is 13.0. The number of ketones is 1. The third-order valence-electron chi connectivity index (χ3n) is 5.02. The molecule has 2 aliphatic rings. The minimum absolute atomic E-state index is 0.0801. The Morgan fingerprint density at radius 1 is 1.14 bits per heavy atom. The Labute approximate surface area is 133 Å². The summed E-state index contributed by atoms with van der Waals surface area (Å²) in [6.45, 7) is 3.94. The molecule has 1 unspecified atom stereocenters. The maximum Gasteiger partial charge on any atom is 0.235 e. The van der Waals surface area contributed by atoms with Gasteiger partial charge in [0, 0.05) is 4.47 Å². The molecule has 1 aliphatic heterocycles. The van der Waals surface area contributed by atoms with Gasteiger partial charge in [0.15, 0.2) is 5.78 Å². The molecule has 112 valence electrons. The van der Waals surface area contributed by atoms with Crippen molar-refractivity contribution in [3.8, 4) is 0 Å². The molecular formula is C17H20BrNO2. The molecule has 1 aliphatic carbocycles. The second-order valence-electron chi connectivity index (χ2n) is 6.33. The first kappa shape index (κ1) is 14.8. The zero-order valence-electron chi connectivity index (χ0n) is 12.5. The third-order valence-corrected chi connectivity index (χ3v) is 5.88. The van der Waals surface area contributed by atoms with E-state index in [0.717, 1.165) is 53.3 Å². The van der Waals surface area contributed by atoms with Gasteiger partial charge in [0.05, 0.1) is 5.54 Å². The van der Waals surface area contributed by atoms with Crippen molar-refractivity contribution in [2.45, 2.75) is 57.4 Å². The van der Waals surface area contributed by atoms with E-state index in [4.69, 9.17) is 0 Å². The van der Waals surface area contributed by atoms with E-state index < -0.39 is 11.5 Å². The van der Waals surface area contributed by atoms with Crippen molar-refractivity contribution in [1.29, 1.82) is 0 Å². The summed E-state index contributed by atoms with van der Waals surface area (Å²) in [7, 11) is 0. The number of amides is 1. The number of carbonyl (C=O) groups excluding carboxylic acids is 2. The molecule has 2 fully saturated rings. The van der Waals surface area contributed by atoms with Crippen molar-refractivity contribution in [3.63, 3.8) is 0 Å². The molecule has 1 aromatic rings. The van der Waals surface area contributed by atoms with E-state index >= 15 is 0 Å². The fourth-order valence-corrected chi connectivity index (χ4v) is 4.18. The van der Waals surface area contributed by atoms with Gasteiger partial charge in [0.25, 0.3) is 0 Å². The number of aryl methyl sites for hydroxylation is 1. The smallest absolute Gasteiger partial charge is 0.235 e. The SMILES string of the molecule is Cc1ccc(Br)c(C)c1C1C(=O)NC2(CCCCC2)C1=O. The highest BCUT2D eigenvalue weighted by Gasteiger charge is 2.53. The number of nitrogens with one attached hydrogen (secondary N) is 1. The van der Waals surface area contributed by atoms with Gasteiger partial charge >= 0.3 is 0 Å². The third kappa shape index (κ3) is 2.24. The van der Waals surface area contributed by atoms with Crippen molar-refractivity contribution in [1.82, 2.24) is 5.32 Å². The first-order valence-corrected chi connectivity index (χ1v) is 8.37. The van der Waals surface area contributed by atoms with Crippen LogP contribution in [0.15, 0.2) is 16.6 Å². The Morgan fingerprint density at radius 2 is 1.81 bits per heavy atom. The number of hydrogen-bond acceptors (Lipinski definition) is 2. The molecule has 0 bridgehead atoms. The zero-order valence-corrected chi connectivity index (χ0v) is 14.0. The Balaban J connectivity index is 2.06. The summed E-state index contributed by atoms with van der Waals surface area (Å²) < 4.78 is 0.952. The van der Waals surface area contributed by atoms with Crippen molar-refractivity contribution in [3.05, 3.63) is 33.3 Å². The molecule has 4 heteroatoms. The van der Waals surface area contributed by atoms with Crippen molar-refractivity contribution in [2.75, 3.05) is 0 Å². The standard InChI is InChI=1S/C17H20BrNO2/c1-10-6-7-12(18)11(2)13(10)14-15(20)17(19-16(14)21)8-4-3-5-9-17/h6-7,14H,3-5,8-9H2,1-2H3,(H,19,21). The van der Waals surface area contributed by atoms with Crippen LogP contribution in [-0.4, -0.2) is 17.2 Å². The molecule has 1 spiro atoms. The quantitative estimate of drug-likeness (QED) is 0.788. The van der Waals surface area contributed by atoms with Crippen LogP contribution in [0.3, 0.4) is 0 Å². The molecule has 21 heavy (non-hydrogen) atoms. The zero-order chi connectivity index (χ0) is 15.2. The van der Waals surface area contributed by atoms with Crippen LogP contribution in [0.25, 0.3) is 0 Å². The van der Waals surface area contributed by atoms with E-state index in [2.05, 4.69) is 21.2 Å². The molecular weight excluding hydrogens is 330 g/mol. The van der Waals surface area contributed by atoms with Gasteiger partial charge in [-0.05, 0) is 49.4 Å². The lowest BCUT2D eigenvalue weighted by Gasteiger charge is -2.31. The fourth-order valence-electron chi connectivity index (χ4n) is 3.84. The summed E-state index contributed by atoms with van der Waals surface area (Å²) in [6, 6.07) is 3.95. The van der Waals surface area contributed by atoms with Gasteiger partial charge in [0.1, 0.15) is 5.92 Å². The van der Waals surface area contributed by atoms with Crippen LogP contribution in [0.2, 0.25) is 0 Å². The number of benzene rings is 1. The Kier molecular flexibility index (Phi) is 3.68. The molecule has 1 saturated heterocycles. The van der Waals surface area contributed by atoms with Crippen LogP contribution in [-0.2, 0) is 9.59 Å². The van der Waals surface area contributed by atoms with Crippen LogP contribution in [0.1, 0.15) is 54.7 Å². The Morgan fingerprint density at radius 3 is 2.48 bits per heavy atom. The van der Waals surface area contributed by atoms with E-state index in [0.29, 0.717) is 0 Å². The predicted molar refractivity (Wildman–Crippen MR) is 85.3 cm³/mol. The van der Waals surface area contributed by atoms with Crippen molar-refractivity contribution >= 4 is 27.6 Å². The summed E-state index contributed by atoms with van der Waals surface area (Å²) in [5, 5.41) is 3.04. The topological polar surface area (TPSA) is 46.2 Å². The highest BCUT2D eigenvalue weighted by molar-refractivity contribution is 9.10. The monoisotopic (exact) mass is 349 g/mol. The molecule has 0 radical (unpaired) electrons. The van der Waals surface area contributed by atoms with Crippen LogP contribution < -0.4 is 5.32 Å². The molecule has 1 heterocycles. The van der Waals surface area contributed by atoms with E-state index in [1.54, 1.807) is 0 Å². The van der Waals surface area contributed by atoms with Crippen LogP contribution in [0.5, 0.6) is 0 Å². The average molecular weight is 350 g/mol. The highest BCUT2D eigenvalue weighted by Crippen LogP contribution is 2.41. The van der Waals surface area contributed by atoms with E-state index in [9.17, 15) is 9.59 Å². The molecule has 3 rings (SSSR count). The maximum atomic E-state index is 13.0. The highest BCUT2D eigenvalue weighted by atomic mass is 79.9. The Bertz CT molecular complexity index is 617. The summed E-state index contributed by atoms with van der Waals surface area (Å²) in [5.41, 5.74) is 2.30. The molecule has 1 aromatic carbocycles. The van der Waals surface area contributed by atoms with Gasteiger partial charge in [-0.2, -0.15) is 0 Å². The minimum Gasteiger partial charge on any atom is -0.343 e. The lowest BCUT2D eigenvalue weighted by molar-refractivity contribution is -0.125. The van der Waals surface area contributed by atoms with Gasteiger partial charge < -0.3 is 5.32 Å². The van der Waals surface area contributed by atoms with Crippen molar-refractivity contribution < 1.29 is 9.59 Å². The van der Waals surface area contributed by atoms with Gasteiger partial charge in [-0.3, -0.25) is 9.59 Å². The van der Waals surface area contributed by atoms with E-state index in [1.165, 1.54) is 0 Å². The summed E-state index contributed by atoms with van der Waals surface area (Å²) in [5.74, 6) is -0.677. The van der Waals surface area contributed by atoms with Crippen LogP contribution >= 0.6 is 15.9 Å². The van der Waals surface area contributed by atoms with Gasteiger partial charge in [-0.25, -0.2) is 0 Å². The molecule has 1 N–H and O–H groups in total. The van der Waals surface area contributed by atoms with Gasteiger partial charge in [0.2, 0.25) is 5.91 Å². The number of carbonyl (C=O) groups is 2. The second kappa shape index (κ2) is 5.24. The normalized spacial score (nSPS) is 24.4. The second-order valence-corrected chi connectivity index (χ2v) is 7.19. The summed E-state index contributed by atoms with van der Waals surface area (Å²) >= 11 is 3.51. The molecule has 1 saturated carbocycles. The molecule has 1 atom stereocenters. The molecule has 1 amide bonds. The first-order valence-electron chi connectivity index (χ1n) is 7.58. The van der Waals surface area contributed by atoms with Crippen LogP contribution in [0.4, 0.5) is 0 Å². The number of Topliss-reactive ketones (excluding diaryl/α,β-unsaturated/α-hetero) is 1. The lowest BCUT2D eigenvalue weighted by atomic mass is 9.76. The van der Waals surface area contributed by atoms with E-state index in [1.807, 2.05) is 26.0 Å². The lowest BCUT2D eigenvalue weighted by Crippen LogP contribution is -2.47. The Hall–Kier alpha value is -1.16. The molecule has 3 nitrogen and oxygen atoms in total. The summed E-state index contributed by atoms with van der Waals surface area (Å²) in [6.07, 6.45) is 4.79. The molecule has 0 aromatic heterocycles. The minimum atomic E-state index is -0.638. The number of halogens is 1. The van der Waals surface area contributed by atoms with Gasteiger partial charge in [-0.15, -0.1) is 0 Å². The van der Waals surface area contributed by atoms with Crippen LogP contribution in [0, 0.1) is 13.8 Å².